The van der Waals surface area contributed by atoms with Crippen LogP contribution in [-0.2, 0) is 14.3 Å². The van der Waals surface area contributed by atoms with E-state index in [9.17, 15) is 9.59 Å². The van der Waals surface area contributed by atoms with Gasteiger partial charge in [-0.2, -0.15) is 0 Å². The topological polar surface area (TPSA) is 63.6 Å². The van der Waals surface area contributed by atoms with Crippen molar-refractivity contribution in [3.63, 3.8) is 0 Å². The number of ether oxygens (including phenoxy) is 1. The fourth-order valence-corrected chi connectivity index (χ4v) is 0.201. The van der Waals surface area contributed by atoms with Crippen LogP contribution in [0.15, 0.2) is 25.3 Å². The summed E-state index contributed by atoms with van der Waals surface area (Å²) in [5.41, 5.74) is 0. The van der Waals surface area contributed by atoms with Crippen LogP contribution in [0.3, 0.4) is 0 Å². The third kappa shape index (κ3) is 24.9. The van der Waals surface area contributed by atoms with Gasteiger partial charge in [-0.1, -0.05) is 13.2 Å². The predicted octanol–water partition coefficient (Wildman–Crippen LogP) is 1.41. The van der Waals surface area contributed by atoms with Crippen molar-refractivity contribution in [1.29, 1.82) is 0 Å². The van der Waals surface area contributed by atoms with Crippen molar-refractivity contribution in [2.24, 2.45) is 0 Å². The minimum absolute atomic E-state index is 0. The van der Waals surface area contributed by atoms with Crippen LogP contribution in [0.2, 0.25) is 0 Å². The van der Waals surface area contributed by atoms with E-state index in [1.165, 1.54) is 0 Å². The molecule has 0 saturated heterocycles. The van der Waals surface area contributed by atoms with E-state index >= 15 is 0 Å². The molecule has 4 nitrogen and oxygen atoms in total. The first-order valence-electron chi connectivity index (χ1n) is 3.23. The van der Waals surface area contributed by atoms with Gasteiger partial charge in [0.2, 0.25) is 0 Å². The zero-order chi connectivity index (χ0) is 9.98. The molecule has 76 valence electrons. The second-order valence-electron chi connectivity index (χ2n) is 1.50. The summed E-state index contributed by atoms with van der Waals surface area (Å²) < 4.78 is 4.43. The highest BCUT2D eigenvalue weighted by Gasteiger charge is 1.86. The average molecular weight is 209 g/mol. The Bertz CT molecular complexity index is 177. The van der Waals surface area contributed by atoms with E-state index in [1.807, 2.05) is 0 Å². The summed E-state index contributed by atoms with van der Waals surface area (Å²) in [6.45, 7) is 8.34. The van der Waals surface area contributed by atoms with Gasteiger partial charge in [0.15, 0.2) is 0 Å². The van der Waals surface area contributed by atoms with E-state index in [1.54, 1.807) is 6.92 Å². The molecule has 0 aromatic carbocycles. The smallest absolute Gasteiger partial charge is 0.330 e. The molecule has 0 aromatic heterocycles. The highest BCUT2D eigenvalue weighted by atomic mass is 35.5. The van der Waals surface area contributed by atoms with Crippen LogP contribution in [0.25, 0.3) is 0 Å². The Hall–Kier alpha value is -1.29. The number of halogens is 1. The average Bonchev–Trinajstić information content (AvgIpc) is 2.06. The number of carboxylic acid groups (broad SMARTS) is 1. The molecule has 13 heavy (non-hydrogen) atoms. The highest BCUT2D eigenvalue weighted by Crippen LogP contribution is 1.74. The Morgan fingerprint density at radius 3 is 1.85 bits per heavy atom. The van der Waals surface area contributed by atoms with Crippen molar-refractivity contribution in [3.05, 3.63) is 25.3 Å². The Balaban J connectivity index is -0.000000150. The molecule has 0 unspecified atom stereocenters. The lowest BCUT2D eigenvalue weighted by atomic mass is 10.6. The van der Waals surface area contributed by atoms with Gasteiger partial charge in [0.05, 0.1) is 6.61 Å². The zero-order valence-corrected chi connectivity index (χ0v) is 8.17. The summed E-state index contributed by atoms with van der Waals surface area (Å²) in [6, 6.07) is 0. The second kappa shape index (κ2) is 13.3. The monoisotopic (exact) mass is 208 g/mol. The maximum absolute atomic E-state index is 10.1. The van der Waals surface area contributed by atoms with Gasteiger partial charge in [0.25, 0.3) is 0 Å². The molecule has 0 fully saturated rings. The van der Waals surface area contributed by atoms with Crippen molar-refractivity contribution in [3.8, 4) is 0 Å². The Labute approximate surface area is 83.3 Å². The maximum Gasteiger partial charge on any atom is 0.330 e. The van der Waals surface area contributed by atoms with E-state index in [2.05, 4.69) is 17.9 Å². The predicted molar refractivity (Wildman–Crippen MR) is 51.9 cm³/mol. The van der Waals surface area contributed by atoms with E-state index in [-0.39, 0.29) is 18.4 Å². The van der Waals surface area contributed by atoms with Gasteiger partial charge in [0, 0.05) is 12.2 Å². The Morgan fingerprint density at radius 2 is 1.77 bits per heavy atom. The number of hydrogen-bond donors (Lipinski definition) is 1. The van der Waals surface area contributed by atoms with E-state index < -0.39 is 5.97 Å². The zero-order valence-electron chi connectivity index (χ0n) is 7.36. The molecule has 1 N–H and O–H groups in total. The van der Waals surface area contributed by atoms with Crippen molar-refractivity contribution in [2.45, 2.75) is 6.92 Å². The number of rotatable bonds is 3. The molecule has 0 saturated carbocycles. The van der Waals surface area contributed by atoms with Gasteiger partial charge >= 0.3 is 11.9 Å². The van der Waals surface area contributed by atoms with Crippen LogP contribution in [0.5, 0.6) is 0 Å². The van der Waals surface area contributed by atoms with Gasteiger partial charge in [-0.25, -0.2) is 9.59 Å². The summed E-state index contributed by atoms with van der Waals surface area (Å²) >= 11 is 0. The van der Waals surface area contributed by atoms with Crippen LogP contribution in [0.1, 0.15) is 6.92 Å². The first kappa shape index (κ1) is 17.7. The molecule has 0 aliphatic rings. The van der Waals surface area contributed by atoms with Crippen LogP contribution >= 0.6 is 12.4 Å². The molecule has 0 amide bonds. The van der Waals surface area contributed by atoms with E-state index in [4.69, 9.17) is 5.11 Å². The molecule has 0 atom stereocenters. The molecule has 0 bridgehead atoms. The number of carbonyl (C=O) groups is 2. The number of carboxylic acids is 1. The quantitative estimate of drug-likeness (QED) is 0.563. The summed E-state index contributed by atoms with van der Waals surface area (Å²) in [7, 11) is 0. The molecule has 0 spiro atoms. The lowest BCUT2D eigenvalue weighted by molar-refractivity contribution is -0.137. The fraction of sp³-hybridized carbons (Fsp3) is 0.250. The molecule has 0 rings (SSSR count). The molecule has 0 aliphatic carbocycles. The largest absolute Gasteiger partial charge is 0.478 e. The molecule has 0 aromatic rings. The third-order valence-electron chi connectivity index (χ3n) is 0.628. The first-order valence-corrected chi connectivity index (χ1v) is 3.23. The Morgan fingerprint density at radius 1 is 1.38 bits per heavy atom. The lowest BCUT2D eigenvalue weighted by Gasteiger charge is -1.90. The number of aliphatic carboxylic acids is 1. The summed E-state index contributed by atoms with van der Waals surface area (Å²) in [5, 5.41) is 7.60. The third-order valence-corrected chi connectivity index (χ3v) is 0.628. The van der Waals surface area contributed by atoms with E-state index in [0.29, 0.717) is 6.61 Å². The van der Waals surface area contributed by atoms with Crippen molar-refractivity contribution in [2.75, 3.05) is 6.61 Å². The van der Waals surface area contributed by atoms with E-state index in [0.717, 1.165) is 12.2 Å². The number of hydrogen-bond acceptors (Lipinski definition) is 3. The van der Waals surface area contributed by atoms with Gasteiger partial charge < -0.3 is 9.84 Å². The van der Waals surface area contributed by atoms with Crippen molar-refractivity contribution in [1.82, 2.24) is 0 Å². The second-order valence-corrected chi connectivity index (χ2v) is 1.50. The van der Waals surface area contributed by atoms with Gasteiger partial charge in [0.1, 0.15) is 0 Å². The standard InChI is InChI=1S/C5H8O2.C3H4O2.ClH/c1-3-5(6)7-4-2;1-2-3(4)5;/h3H,1,4H2,2H3;2H,1H2,(H,4,5);1H. The molecular formula is C8H13ClO4. The molecule has 0 aliphatic heterocycles. The number of esters is 1. The van der Waals surface area contributed by atoms with Crippen LogP contribution in [0, 0.1) is 0 Å². The van der Waals surface area contributed by atoms with Gasteiger partial charge in [-0.15, -0.1) is 12.4 Å². The Kier molecular flexibility index (Phi) is 18.1. The molecule has 5 heteroatoms. The van der Waals surface area contributed by atoms with Crippen molar-refractivity contribution < 1.29 is 19.4 Å². The minimum atomic E-state index is -0.981. The minimum Gasteiger partial charge on any atom is -0.478 e. The highest BCUT2D eigenvalue weighted by molar-refractivity contribution is 5.85. The molecule has 0 heterocycles. The summed E-state index contributed by atoms with van der Waals surface area (Å²) in [5.74, 6) is -1.34. The van der Waals surface area contributed by atoms with Crippen LogP contribution in [0.4, 0.5) is 0 Å². The SMILES string of the molecule is C=CC(=O)O.C=CC(=O)OCC.Cl. The molecular weight excluding hydrogens is 196 g/mol. The summed E-state index contributed by atoms with van der Waals surface area (Å²) in [6.07, 6.45) is 1.98. The normalized spacial score (nSPS) is 6.54. The summed E-state index contributed by atoms with van der Waals surface area (Å²) in [4.78, 5) is 19.3. The fourth-order valence-electron chi connectivity index (χ4n) is 0.201. The van der Waals surface area contributed by atoms with Gasteiger partial charge in [-0.3, -0.25) is 0 Å². The maximum atomic E-state index is 10.1. The first-order chi connectivity index (χ1) is 5.58. The number of carbonyl (C=O) groups excluding carboxylic acids is 1. The van der Waals surface area contributed by atoms with Crippen LogP contribution < -0.4 is 0 Å². The van der Waals surface area contributed by atoms with Crippen LogP contribution in [-0.4, -0.2) is 23.7 Å². The lowest BCUT2D eigenvalue weighted by Crippen LogP contribution is -1.97. The van der Waals surface area contributed by atoms with Gasteiger partial charge in [-0.05, 0) is 6.92 Å². The van der Waals surface area contributed by atoms with Crippen molar-refractivity contribution >= 4 is 24.3 Å². The molecule has 0 radical (unpaired) electrons.